The standard InChI is InChI=1S/C23H28BBrO6/c1-14-10-15(12-16(11-14)28-6)19(13-25)29-20-17(21(26)27)8-7-9-18(20)24-30-22(2,3)23(4,5)31-24/h7-12,19H,13H2,1-6H3,(H,26,27). The first-order valence-corrected chi connectivity index (χ1v) is 11.2. The lowest BCUT2D eigenvalue weighted by Gasteiger charge is -2.32. The molecule has 8 heteroatoms. The summed E-state index contributed by atoms with van der Waals surface area (Å²) in [6.45, 7) is 9.78. The molecule has 1 atom stereocenters. The Morgan fingerprint density at radius 3 is 2.35 bits per heavy atom. The molecule has 1 saturated heterocycles. The average Bonchev–Trinajstić information content (AvgIpc) is 2.92. The van der Waals surface area contributed by atoms with E-state index in [0.717, 1.165) is 11.1 Å². The van der Waals surface area contributed by atoms with Crippen LogP contribution in [0.15, 0.2) is 36.4 Å². The lowest BCUT2D eigenvalue weighted by atomic mass is 9.77. The van der Waals surface area contributed by atoms with Gasteiger partial charge in [-0.25, -0.2) is 4.79 Å². The van der Waals surface area contributed by atoms with Crippen molar-refractivity contribution in [3.63, 3.8) is 0 Å². The fraction of sp³-hybridized carbons (Fsp3) is 0.435. The van der Waals surface area contributed by atoms with Gasteiger partial charge in [0.1, 0.15) is 23.2 Å². The van der Waals surface area contributed by atoms with E-state index >= 15 is 0 Å². The average molecular weight is 491 g/mol. The number of benzene rings is 2. The van der Waals surface area contributed by atoms with E-state index in [1.54, 1.807) is 19.2 Å². The Morgan fingerprint density at radius 2 is 1.81 bits per heavy atom. The summed E-state index contributed by atoms with van der Waals surface area (Å²) in [7, 11) is 0.862. The normalized spacial score (nSPS) is 18.0. The monoisotopic (exact) mass is 490 g/mol. The Labute approximate surface area is 192 Å². The molecule has 2 aromatic rings. The second kappa shape index (κ2) is 8.84. The van der Waals surface area contributed by atoms with Crippen LogP contribution < -0.4 is 14.9 Å². The van der Waals surface area contributed by atoms with Crippen molar-refractivity contribution in [3.05, 3.63) is 53.1 Å². The zero-order valence-corrected chi connectivity index (χ0v) is 20.3. The molecule has 0 aliphatic carbocycles. The molecule has 31 heavy (non-hydrogen) atoms. The highest BCUT2D eigenvalue weighted by atomic mass is 79.9. The second-order valence-corrected chi connectivity index (χ2v) is 9.31. The third kappa shape index (κ3) is 4.76. The van der Waals surface area contributed by atoms with Crippen molar-refractivity contribution >= 4 is 34.5 Å². The first kappa shape index (κ1) is 23.6. The molecule has 0 radical (unpaired) electrons. The van der Waals surface area contributed by atoms with Crippen LogP contribution in [-0.2, 0) is 9.31 Å². The van der Waals surface area contributed by atoms with Crippen molar-refractivity contribution < 1.29 is 28.7 Å². The van der Waals surface area contributed by atoms with Crippen LogP contribution in [0.3, 0.4) is 0 Å². The number of ether oxygens (including phenoxy) is 2. The summed E-state index contributed by atoms with van der Waals surface area (Å²) in [5.74, 6) is -0.135. The third-order valence-electron chi connectivity index (χ3n) is 5.86. The maximum atomic E-state index is 12.0. The predicted molar refractivity (Wildman–Crippen MR) is 124 cm³/mol. The number of aromatic carboxylic acids is 1. The first-order chi connectivity index (χ1) is 14.5. The van der Waals surface area contributed by atoms with E-state index in [4.69, 9.17) is 18.8 Å². The molecular formula is C23H28BBrO6. The molecule has 0 amide bonds. The Hall–Kier alpha value is -2.03. The highest BCUT2D eigenvalue weighted by Gasteiger charge is 2.52. The summed E-state index contributed by atoms with van der Waals surface area (Å²) in [5.41, 5.74) is 1.36. The van der Waals surface area contributed by atoms with Crippen molar-refractivity contribution in [2.24, 2.45) is 0 Å². The molecule has 1 aliphatic heterocycles. The minimum atomic E-state index is -1.08. The van der Waals surface area contributed by atoms with Crippen molar-refractivity contribution in [3.8, 4) is 11.5 Å². The van der Waals surface area contributed by atoms with Gasteiger partial charge >= 0.3 is 13.1 Å². The zero-order chi connectivity index (χ0) is 23.0. The second-order valence-electron chi connectivity index (χ2n) is 8.66. The summed E-state index contributed by atoms with van der Waals surface area (Å²) < 4.78 is 24.1. The molecule has 1 fully saturated rings. The highest BCUT2D eigenvalue weighted by Crippen LogP contribution is 2.38. The maximum absolute atomic E-state index is 12.0. The van der Waals surface area contributed by atoms with Gasteiger partial charge in [0.15, 0.2) is 0 Å². The number of carbonyl (C=O) groups is 1. The molecule has 1 N–H and O–H groups in total. The number of rotatable bonds is 7. The highest BCUT2D eigenvalue weighted by molar-refractivity contribution is 9.09. The number of methoxy groups -OCH3 is 1. The Balaban J connectivity index is 2.05. The van der Waals surface area contributed by atoms with Crippen LogP contribution in [0.5, 0.6) is 11.5 Å². The molecule has 6 nitrogen and oxygen atoms in total. The van der Waals surface area contributed by atoms with Crippen molar-refractivity contribution in [2.75, 3.05) is 12.4 Å². The molecule has 0 saturated carbocycles. The summed E-state index contributed by atoms with van der Waals surface area (Å²) in [5, 5.41) is 10.3. The van der Waals surface area contributed by atoms with Gasteiger partial charge in [-0.15, -0.1) is 0 Å². The van der Waals surface area contributed by atoms with E-state index in [0.29, 0.717) is 16.5 Å². The van der Waals surface area contributed by atoms with Crippen LogP contribution in [0.25, 0.3) is 0 Å². The molecule has 2 aromatic carbocycles. The number of halogens is 1. The number of carboxylic acid groups (broad SMARTS) is 1. The molecule has 3 rings (SSSR count). The molecular weight excluding hydrogens is 463 g/mol. The Bertz CT molecular complexity index is 959. The lowest BCUT2D eigenvalue weighted by Crippen LogP contribution is -2.41. The lowest BCUT2D eigenvalue weighted by molar-refractivity contribution is 0.00578. The van der Waals surface area contributed by atoms with Crippen LogP contribution in [0, 0.1) is 6.92 Å². The fourth-order valence-corrected chi connectivity index (χ4v) is 3.93. The van der Waals surface area contributed by atoms with Gasteiger partial charge in [-0.05, 0) is 63.9 Å². The molecule has 0 aromatic heterocycles. The van der Waals surface area contributed by atoms with Gasteiger partial charge in [0.05, 0.1) is 18.3 Å². The first-order valence-electron chi connectivity index (χ1n) is 10.1. The minimum Gasteiger partial charge on any atom is -0.497 e. The third-order valence-corrected chi connectivity index (χ3v) is 6.45. The summed E-state index contributed by atoms with van der Waals surface area (Å²) in [6, 6.07) is 10.8. The number of para-hydroxylation sites is 1. The van der Waals surface area contributed by atoms with E-state index in [1.165, 1.54) is 6.07 Å². The quantitative estimate of drug-likeness (QED) is 0.454. The Morgan fingerprint density at radius 1 is 1.16 bits per heavy atom. The van der Waals surface area contributed by atoms with E-state index < -0.39 is 30.4 Å². The minimum absolute atomic E-state index is 0.0535. The molecule has 1 heterocycles. The zero-order valence-electron chi connectivity index (χ0n) is 18.7. The van der Waals surface area contributed by atoms with E-state index in [2.05, 4.69) is 15.9 Å². The molecule has 0 spiro atoms. The SMILES string of the molecule is COc1cc(C)cc(C(CBr)Oc2c(B3OC(C)(C)C(C)(C)O3)cccc2C(=O)O)c1. The van der Waals surface area contributed by atoms with Gasteiger partial charge in [-0.3, -0.25) is 0 Å². The molecule has 166 valence electrons. The van der Waals surface area contributed by atoms with Crippen molar-refractivity contribution in [1.29, 1.82) is 0 Å². The fourth-order valence-electron chi connectivity index (χ4n) is 3.42. The summed E-state index contributed by atoms with van der Waals surface area (Å²) >= 11 is 3.51. The van der Waals surface area contributed by atoms with Crippen LogP contribution in [0.1, 0.15) is 55.3 Å². The van der Waals surface area contributed by atoms with Crippen LogP contribution >= 0.6 is 15.9 Å². The number of alkyl halides is 1. The van der Waals surface area contributed by atoms with Gasteiger partial charge in [-0.2, -0.15) is 0 Å². The smallest absolute Gasteiger partial charge is 0.497 e. The van der Waals surface area contributed by atoms with Gasteiger partial charge in [0, 0.05) is 10.8 Å². The number of carboxylic acids is 1. The van der Waals surface area contributed by atoms with E-state index in [9.17, 15) is 9.90 Å². The maximum Gasteiger partial charge on any atom is 0.498 e. The molecule has 0 bridgehead atoms. The van der Waals surface area contributed by atoms with Gasteiger partial charge in [-0.1, -0.05) is 34.1 Å². The largest absolute Gasteiger partial charge is 0.498 e. The van der Waals surface area contributed by atoms with E-state index in [1.807, 2.05) is 52.8 Å². The number of hydrogen-bond donors (Lipinski definition) is 1. The van der Waals surface area contributed by atoms with Gasteiger partial charge in [0.2, 0.25) is 0 Å². The Kier molecular flexibility index (Phi) is 6.74. The number of aryl methyl sites for hydroxylation is 1. The summed E-state index contributed by atoms with van der Waals surface area (Å²) in [4.78, 5) is 12.0. The van der Waals surface area contributed by atoms with Gasteiger partial charge < -0.3 is 23.9 Å². The van der Waals surface area contributed by atoms with E-state index in [-0.39, 0.29) is 11.3 Å². The molecule has 1 unspecified atom stereocenters. The van der Waals surface area contributed by atoms with Crippen LogP contribution in [0.4, 0.5) is 0 Å². The van der Waals surface area contributed by atoms with Crippen LogP contribution in [-0.4, -0.2) is 41.8 Å². The summed E-state index contributed by atoms with van der Waals surface area (Å²) in [6.07, 6.45) is -0.449. The predicted octanol–water partition coefficient (Wildman–Crippen LogP) is 4.52. The van der Waals surface area contributed by atoms with Gasteiger partial charge in [0.25, 0.3) is 0 Å². The molecule has 1 aliphatic rings. The number of hydrogen-bond acceptors (Lipinski definition) is 5. The van der Waals surface area contributed by atoms with Crippen LogP contribution in [0.2, 0.25) is 0 Å². The topological polar surface area (TPSA) is 74.2 Å². The van der Waals surface area contributed by atoms with Crippen molar-refractivity contribution in [2.45, 2.75) is 51.9 Å². The van der Waals surface area contributed by atoms with Crippen molar-refractivity contribution in [1.82, 2.24) is 0 Å².